The van der Waals surface area contributed by atoms with E-state index in [0.717, 1.165) is 18.9 Å². The van der Waals surface area contributed by atoms with Crippen molar-refractivity contribution in [3.05, 3.63) is 24.4 Å². The number of morpholine rings is 1. The van der Waals surface area contributed by atoms with Gasteiger partial charge in [0.25, 0.3) is 0 Å². The summed E-state index contributed by atoms with van der Waals surface area (Å²) in [5.74, 6) is 1.08. The Morgan fingerprint density at radius 1 is 1.17 bits per heavy atom. The van der Waals surface area contributed by atoms with Gasteiger partial charge in [-0.25, -0.2) is 4.98 Å². The van der Waals surface area contributed by atoms with Gasteiger partial charge >= 0.3 is 0 Å². The lowest BCUT2D eigenvalue weighted by Crippen LogP contribution is -2.59. The number of hydrogen-bond acceptors (Lipinski definition) is 3. The van der Waals surface area contributed by atoms with Crippen molar-refractivity contribution in [1.82, 2.24) is 4.98 Å². The summed E-state index contributed by atoms with van der Waals surface area (Å²) < 4.78 is 6.40. The Morgan fingerprint density at radius 3 is 2.61 bits per heavy atom. The summed E-state index contributed by atoms with van der Waals surface area (Å²) in [6, 6.07) is 6.14. The van der Waals surface area contributed by atoms with Crippen molar-refractivity contribution in [2.24, 2.45) is 0 Å². The highest BCUT2D eigenvalue weighted by Crippen LogP contribution is 2.41. The number of ether oxygens (including phenoxy) is 1. The fraction of sp³-hybridized carbons (Fsp3) is 0.667. The van der Waals surface area contributed by atoms with E-state index in [0.29, 0.717) is 0 Å². The summed E-state index contributed by atoms with van der Waals surface area (Å²) >= 11 is 0. The highest BCUT2D eigenvalue weighted by Gasteiger charge is 2.46. The van der Waals surface area contributed by atoms with Gasteiger partial charge in [0.15, 0.2) is 0 Å². The smallest absolute Gasteiger partial charge is 0.128 e. The average molecular weight is 246 g/mol. The van der Waals surface area contributed by atoms with Gasteiger partial charge in [-0.15, -0.1) is 0 Å². The largest absolute Gasteiger partial charge is 0.365 e. The van der Waals surface area contributed by atoms with E-state index in [-0.39, 0.29) is 11.2 Å². The molecule has 1 saturated carbocycles. The molecule has 0 atom stereocenters. The zero-order valence-corrected chi connectivity index (χ0v) is 11.4. The van der Waals surface area contributed by atoms with E-state index in [1.54, 1.807) is 0 Å². The molecule has 2 fully saturated rings. The van der Waals surface area contributed by atoms with Crippen LogP contribution in [0.5, 0.6) is 0 Å². The van der Waals surface area contributed by atoms with E-state index in [1.807, 2.05) is 12.3 Å². The second kappa shape index (κ2) is 4.23. The lowest BCUT2D eigenvalue weighted by atomic mass is 9.94. The van der Waals surface area contributed by atoms with Crippen LogP contribution in [-0.4, -0.2) is 29.3 Å². The molecule has 3 heteroatoms. The molecule has 98 valence electrons. The van der Waals surface area contributed by atoms with Crippen molar-refractivity contribution in [2.75, 3.05) is 18.0 Å². The molecule has 0 unspecified atom stereocenters. The van der Waals surface area contributed by atoms with Crippen molar-refractivity contribution < 1.29 is 4.74 Å². The van der Waals surface area contributed by atoms with Crippen LogP contribution < -0.4 is 4.90 Å². The molecule has 0 aromatic carbocycles. The van der Waals surface area contributed by atoms with Gasteiger partial charge in [0, 0.05) is 19.3 Å². The number of anilines is 1. The minimum absolute atomic E-state index is 0.0687. The van der Waals surface area contributed by atoms with Crippen LogP contribution in [0.25, 0.3) is 0 Å². The molecule has 0 bridgehead atoms. The molecule has 2 heterocycles. The first-order valence-electron chi connectivity index (χ1n) is 6.95. The number of nitrogens with zero attached hydrogens (tertiary/aromatic N) is 2. The highest BCUT2D eigenvalue weighted by molar-refractivity contribution is 5.40. The molecular weight excluding hydrogens is 224 g/mol. The fourth-order valence-electron chi connectivity index (χ4n) is 3.50. The SMILES string of the molecule is CC1(C)CN(c2ccccn2)CC2(CCCC2)O1. The molecular formula is C15H22N2O. The summed E-state index contributed by atoms with van der Waals surface area (Å²) in [6.45, 7) is 6.31. The van der Waals surface area contributed by atoms with Crippen LogP contribution in [0.3, 0.4) is 0 Å². The Hall–Kier alpha value is -1.09. The van der Waals surface area contributed by atoms with Crippen molar-refractivity contribution in [1.29, 1.82) is 0 Å². The number of pyridine rings is 1. The van der Waals surface area contributed by atoms with Crippen LogP contribution in [0.1, 0.15) is 39.5 Å². The van der Waals surface area contributed by atoms with Gasteiger partial charge in [-0.05, 0) is 38.8 Å². The summed E-state index contributed by atoms with van der Waals surface area (Å²) in [5, 5.41) is 0. The first kappa shape index (κ1) is 12.0. The quantitative estimate of drug-likeness (QED) is 0.761. The lowest BCUT2D eigenvalue weighted by Gasteiger charge is -2.49. The van der Waals surface area contributed by atoms with Crippen LogP contribution >= 0.6 is 0 Å². The van der Waals surface area contributed by atoms with Gasteiger partial charge in [-0.3, -0.25) is 0 Å². The first-order valence-corrected chi connectivity index (χ1v) is 6.95. The third-order valence-corrected chi connectivity index (χ3v) is 4.03. The number of rotatable bonds is 1. The third kappa shape index (κ3) is 2.24. The zero-order valence-electron chi connectivity index (χ0n) is 11.4. The van der Waals surface area contributed by atoms with E-state index in [1.165, 1.54) is 25.7 Å². The molecule has 2 aliphatic rings. The molecule has 3 rings (SSSR count). The maximum Gasteiger partial charge on any atom is 0.128 e. The third-order valence-electron chi connectivity index (χ3n) is 4.03. The Kier molecular flexibility index (Phi) is 2.81. The zero-order chi connectivity index (χ0) is 12.6. The maximum absolute atomic E-state index is 6.40. The predicted octanol–water partition coefficient (Wildman–Crippen LogP) is 3.01. The molecule has 3 nitrogen and oxygen atoms in total. The highest BCUT2D eigenvalue weighted by atomic mass is 16.5. The summed E-state index contributed by atoms with van der Waals surface area (Å²) in [6.07, 6.45) is 6.86. The van der Waals surface area contributed by atoms with Crippen molar-refractivity contribution in [3.8, 4) is 0 Å². The predicted molar refractivity (Wildman–Crippen MR) is 72.8 cm³/mol. The first-order chi connectivity index (χ1) is 8.59. The van der Waals surface area contributed by atoms with Crippen molar-refractivity contribution in [2.45, 2.75) is 50.7 Å². The van der Waals surface area contributed by atoms with Gasteiger partial charge in [0.2, 0.25) is 0 Å². The number of hydrogen-bond donors (Lipinski definition) is 0. The maximum atomic E-state index is 6.40. The van der Waals surface area contributed by atoms with Gasteiger partial charge in [-0.2, -0.15) is 0 Å². The molecule has 18 heavy (non-hydrogen) atoms. The fourth-order valence-corrected chi connectivity index (χ4v) is 3.50. The topological polar surface area (TPSA) is 25.4 Å². The molecule has 0 N–H and O–H groups in total. The minimum atomic E-state index is -0.0832. The summed E-state index contributed by atoms with van der Waals surface area (Å²) in [7, 11) is 0. The van der Waals surface area contributed by atoms with E-state index in [2.05, 4.69) is 35.9 Å². The number of aromatic nitrogens is 1. The molecule has 1 spiro atoms. The van der Waals surface area contributed by atoms with E-state index >= 15 is 0 Å². The molecule has 0 radical (unpaired) electrons. The van der Waals surface area contributed by atoms with Crippen LogP contribution in [0.4, 0.5) is 5.82 Å². The molecule has 1 aliphatic carbocycles. The van der Waals surface area contributed by atoms with E-state index < -0.39 is 0 Å². The Morgan fingerprint density at radius 2 is 1.94 bits per heavy atom. The van der Waals surface area contributed by atoms with Crippen LogP contribution in [0.2, 0.25) is 0 Å². The average Bonchev–Trinajstić information content (AvgIpc) is 2.76. The van der Waals surface area contributed by atoms with E-state index in [9.17, 15) is 0 Å². The van der Waals surface area contributed by atoms with Crippen LogP contribution in [-0.2, 0) is 4.74 Å². The normalized spacial score (nSPS) is 25.6. The second-order valence-electron chi connectivity index (χ2n) is 6.30. The minimum Gasteiger partial charge on any atom is -0.365 e. The van der Waals surface area contributed by atoms with Gasteiger partial charge in [-0.1, -0.05) is 18.9 Å². The second-order valence-corrected chi connectivity index (χ2v) is 6.30. The molecule has 1 aromatic rings. The molecule has 1 aliphatic heterocycles. The van der Waals surface area contributed by atoms with Gasteiger partial charge in [0.05, 0.1) is 11.2 Å². The van der Waals surface area contributed by atoms with Crippen LogP contribution in [0, 0.1) is 0 Å². The van der Waals surface area contributed by atoms with Gasteiger partial charge < -0.3 is 9.64 Å². The molecule has 1 saturated heterocycles. The van der Waals surface area contributed by atoms with Crippen molar-refractivity contribution in [3.63, 3.8) is 0 Å². The molecule has 0 amide bonds. The lowest BCUT2D eigenvalue weighted by molar-refractivity contribution is -0.148. The van der Waals surface area contributed by atoms with E-state index in [4.69, 9.17) is 4.74 Å². The summed E-state index contributed by atoms with van der Waals surface area (Å²) in [4.78, 5) is 6.89. The Bertz CT molecular complexity index is 410. The van der Waals surface area contributed by atoms with Gasteiger partial charge in [0.1, 0.15) is 5.82 Å². The standard InChI is InChI=1S/C15H22N2O/c1-14(2)11-17(13-7-3-6-10-16-13)12-15(18-14)8-4-5-9-15/h3,6-7,10H,4-5,8-9,11-12H2,1-2H3. The van der Waals surface area contributed by atoms with Crippen LogP contribution in [0.15, 0.2) is 24.4 Å². The Balaban J connectivity index is 1.87. The van der Waals surface area contributed by atoms with Crippen molar-refractivity contribution >= 4 is 5.82 Å². The monoisotopic (exact) mass is 246 g/mol. The summed E-state index contributed by atoms with van der Waals surface area (Å²) in [5.41, 5.74) is -0.0145. The Labute approximate surface area is 109 Å². The molecule has 1 aromatic heterocycles.